The first-order valence-electron chi connectivity index (χ1n) is 10.4. The van der Waals surface area contributed by atoms with Crippen LogP contribution >= 0.6 is 11.7 Å². The summed E-state index contributed by atoms with van der Waals surface area (Å²) >= 11 is 1.02. The molecular formula is C20H32N4O7S. The lowest BCUT2D eigenvalue weighted by Crippen LogP contribution is -2.50. The van der Waals surface area contributed by atoms with Crippen molar-refractivity contribution in [2.75, 3.05) is 44.4 Å². The Morgan fingerprint density at radius 3 is 2.38 bits per heavy atom. The largest absolute Gasteiger partial charge is 0.470 e. The van der Waals surface area contributed by atoms with Crippen molar-refractivity contribution in [3.05, 3.63) is 0 Å². The van der Waals surface area contributed by atoms with Crippen molar-refractivity contribution < 1.29 is 33.3 Å². The number of rotatable bonds is 9. The van der Waals surface area contributed by atoms with Gasteiger partial charge in [0.2, 0.25) is 11.7 Å². The zero-order chi connectivity index (χ0) is 23.9. The number of morpholine rings is 1. The molecule has 1 aromatic rings. The maximum Gasteiger partial charge on any atom is 0.347 e. The first kappa shape index (κ1) is 25.8. The summed E-state index contributed by atoms with van der Waals surface area (Å²) in [5.41, 5.74) is -0.501. The third-order valence-electron chi connectivity index (χ3n) is 4.69. The third kappa shape index (κ3) is 7.59. The minimum atomic E-state index is -1.08. The highest BCUT2D eigenvalue weighted by Crippen LogP contribution is 2.27. The van der Waals surface area contributed by atoms with Gasteiger partial charge in [0.25, 0.3) is 5.88 Å². The average molecular weight is 473 g/mol. The Kier molecular flexibility index (Phi) is 9.20. The monoisotopic (exact) mass is 472 g/mol. The van der Waals surface area contributed by atoms with Crippen molar-refractivity contribution >= 4 is 35.4 Å². The standard InChI is InChI=1S/C20H32N4O7S/c1-13(30-15(3)26)19(27)31-16(11-24(14(2)25)20(4,5)6)12-29-18-17(21-32-22-18)23-7-9-28-10-8-23/h13,16H,7-12H2,1-6H3/t13-,16+/m1/s1. The molecule has 2 heterocycles. The van der Waals surface area contributed by atoms with Gasteiger partial charge in [-0.2, -0.15) is 4.37 Å². The van der Waals surface area contributed by atoms with Crippen molar-refractivity contribution in [2.45, 2.75) is 59.3 Å². The van der Waals surface area contributed by atoms with Gasteiger partial charge < -0.3 is 28.7 Å². The molecule has 2 atom stereocenters. The number of hydrogen-bond donors (Lipinski definition) is 0. The van der Waals surface area contributed by atoms with Crippen LogP contribution in [0.15, 0.2) is 0 Å². The van der Waals surface area contributed by atoms with Crippen LogP contribution in [0.3, 0.4) is 0 Å². The smallest absolute Gasteiger partial charge is 0.347 e. The van der Waals surface area contributed by atoms with Gasteiger partial charge in [0.1, 0.15) is 6.61 Å². The molecule has 0 aromatic carbocycles. The van der Waals surface area contributed by atoms with E-state index in [4.69, 9.17) is 18.9 Å². The number of aromatic nitrogens is 2. The lowest BCUT2D eigenvalue weighted by Gasteiger charge is -2.37. The molecule has 0 bridgehead atoms. The van der Waals surface area contributed by atoms with Gasteiger partial charge in [-0.15, -0.1) is 4.37 Å². The van der Waals surface area contributed by atoms with E-state index in [1.165, 1.54) is 20.8 Å². The van der Waals surface area contributed by atoms with Gasteiger partial charge in [-0.05, 0) is 27.7 Å². The molecule has 1 aliphatic rings. The van der Waals surface area contributed by atoms with E-state index in [1.807, 2.05) is 25.7 Å². The van der Waals surface area contributed by atoms with Crippen LogP contribution in [0.25, 0.3) is 0 Å². The van der Waals surface area contributed by atoms with Crippen molar-refractivity contribution in [2.24, 2.45) is 0 Å². The number of nitrogens with zero attached hydrogens (tertiary/aromatic N) is 4. The molecule has 0 radical (unpaired) electrons. The van der Waals surface area contributed by atoms with Gasteiger partial charge in [-0.25, -0.2) is 4.79 Å². The molecule has 0 N–H and O–H groups in total. The highest BCUT2D eigenvalue weighted by Gasteiger charge is 2.31. The number of ether oxygens (including phenoxy) is 4. The highest BCUT2D eigenvalue weighted by atomic mass is 32.1. The zero-order valence-corrected chi connectivity index (χ0v) is 20.3. The lowest BCUT2D eigenvalue weighted by atomic mass is 10.1. The Labute approximate surface area is 192 Å². The topological polar surface area (TPSA) is 120 Å². The second-order valence-electron chi connectivity index (χ2n) is 8.41. The van der Waals surface area contributed by atoms with E-state index in [0.717, 1.165) is 11.7 Å². The molecule has 180 valence electrons. The van der Waals surface area contributed by atoms with Crippen molar-refractivity contribution in [1.82, 2.24) is 13.6 Å². The maximum absolute atomic E-state index is 12.5. The van der Waals surface area contributed by atoms with Gasteiger partial charge in [0.15, 0.2) is 12.2 Å². The minimum absolute atomic E-state index is 0.0544. The molecule has 1 saturated heterocycles. The van der Waals surface area contributed by atoms with Crippen LogP contribution in [0, 0.1) is 0 Å². The zero-order valence-electron chi connectivity index (χ0n) is 19.5. The van der Waals surface area contributed by atoms with Crippen LogP contribution in [0.5, 0.6) is 5.88 Å². The fraction of sp³-hybridized carbons (Fsp3) is 0.750. The number of carbonyl (C=O) groups excluding carboxylic acids is 3. The number of anilines is 1. The predicted molar refractivity (Wildman–Crippen MR) is 117 cm³/mol. The number of amides is 1. The molecular weight excluding hydrogens is 440 g/mol. The summed E-state index contributed by atoms with van der Waals surface area (Å²) < 4.78 is 30.2. The minimum Gasteiger partial charge on any atom is -0.470 e. The number of esters is 2. The first-order valence-corrected chi connectivity index (χ1v) is 11.2. The Morgan fingerprint density at radius 2 is 1.81 bits per heavy atom. The summed E-state index contributed by atoms with van der Waals surface area (Å²) in [7, 11) is 0. The summed E-state index contributed by atoms with van der Waals surface area (Å²) in [6.07, 6.45) is -1.90. The maximum atomic E-state index is 12.5. The molecule has 0 unspecified atom stereocenters. The predicted octanol–water partition coefficient (Wildman–Crippen LogP) is 1.26. The third-order valence-corrected chi connectivity index (χ3v) is 5.19. The summed E-state index contributed by atoms with van der Waals surface area (Å²) in [6, 6.07) is 0. The van der Waals surface area contributed by atoms with E-state index >= 15 is 0 Å². The molecule has 0 saturated carbocycles. The summed E-state index contributed by atoms with van der Waals surface area (Å²) in [6.45, 7) is 12.3. The molecule has 1 amide bonds. The van der Waals surface area contributed by atoms with E-state index in [9.17, 15) is 14.4 Å². The van der Waals surface area contributed by atoms with E-state index in [-0.39, 0.29) is 19.1 Å². The highest BCUT2D eigenvalue weighted by molar-refractivity contribution is 6.99. The lowest BCUT2D eigenvalue weighted by molar-refractivity contribution is -0.172. The quantitative estimate of drug-likeness (QED) is 0.486. The molecule has 1 aliphatic heterocycles. The Balaban J connectivity index is 2.13. The van der Waals surface area contributed by atoms with E-state index < -0.39 is 29.7 Å². The number of hydrogen-bond acceptors (Lipinski definition) is 11. The fourth-order valence-corrected chi connectivity index (χ4v) is 3.69. The van der Waals surface area contributed by atoms with Gasteiger partial charge in [-0.3, -0.25) is 9.59 Å². The van der Waals surface area contributed by atoms with E-state index in [0.29, 0.717) is 38.0 Å². The summed E-state index contributed by atoms with van der Waals surface area (Å²) in [5, 5.41) is 0. The van der Waals surface area contributed by atoms with Crippen LogP contribution in [0.1, 0.15) is 41.5 Å². The van der Waals surface area contributed by atoms with Crippen molar-refractivity contribution in [1.29, 1.82) is 0 Å². The van der Waals surface area contributed by atoms with Crippen molar-refractivity contribution in [3.63, 3.8) is 0 Å². The summed E-state index contributed by atoms with van der Waals surface area (Å²) in [4.78, 5) is 39.5. The Morgan fingerprint density at radius 1 is 1.16 bits per heavy atom. The average Bonchev–Trinajstić information content (AvgIpc) is 3.17. The first-order chi connectivity index (χ1) is 15.0. The van der Waals surface area contributed by atoms with E-state index in [1.54, 1.807) is 4.90 Å². The fourth-order valence-electron chi connectivity index (χ4n) is 3.17. The van der Waals surface area contributed by atoms with Crippen LogP contribution < -0.4 is 9.64 Å². The van der Waals surface area contributed by atoms with E-state index in [2.05, 4.69) is 8.75 Å². The Bertz CT molecular complexity index is 789. The van der Waals surface area contributed by atoms with Gasteiger partial charge in [0.05, 0.1) is 31.5 Å². The molecule has 1 fully saturated rings. The van der Waals surface area contributed by atoms with Gasteiger partial charge in [-0.1, -0.05) is 0 Å². The molecule has 1 aromatic heterocycles. The van der Waals surface area contributed by atoms with Crippen LogP contribution in [-0.2, 0) is 28.6 Å². The molecule has 11 nitrogen and oxygen atoms in total. The van der Waals surface area contributed by atoms with Gasteiger partial charge in [0, 0.05) is 32.5 Å². The molecule has 2 rings (SSSR count). The van der Waals surface area contributed by atoms with Crippen LogP contribution in [0.4, 0.5) is 5.82 Å². The SMILES string of the molecule is CC(=O)O[C@H](C)C(=O)O[C@H](COc1nsnc1N1CCOCC1)CN(C(C)=O)C(C)(C)C. The van der Waals surface area contributed by atoms with Crippen molar-refractivity contribution in [3.8, 4) is 5.88 Å². The second-order valence-corrected chi connectivity index (χ2v) is 8.94. The summed E-state index contributed by atoms with van der Waals surface area (Å²) in [5.74, 6) is -0.551. The van der Waals surface area contributed by atoms with Crippen LogP contribution in [0.2, 0.25) is 0 Å². The molecule has 32 heavy (non-hydrogen) atoms. The second kappa shape index (κ2) is 11.4. The van der Waals surface area contributed by atoms with Gasteiger partial charge >= 0.3 is 11.9 Å². The molecule has 12 heteroatoms. The normalized spacial score (nSPS) is 16.1. The number of carbonyl (C=O) groups is 3. The Hall–Kier alpha value is -2.47. The van der Waals surface area contributed by atoms with Crippen LogP contribution in [-0.4, -0.2) is 88.7 Å². The molecule has 0 spiro atoms. The molecule has 0 aliphatic carbocycles.